The van der Waals surface area contributed by atoms with Crippen molar-refractivity contribution >= 4 is 11.6 Å². The number of benzene rings is 2. The molecule has 0 atom stereocenters. The van der Waals surface area contributed by atoms with Crippen LogP contribution in [-0.4, -0.2) is 17.0 Å². The predicted octanol–water partition coefficient (Wildman–Crippen LogP) is 4.58. The Labute approximate surface area is 147 Å². The normalized spacial score (nSPS) is 11.2. The van der Waals surface area contributed by atoms with Crippen molar-refractivity contribution in [1.29, 1.82) is 0 Å². The van der Waals surface area contributed by atoms with E-state index >= 15 is 0 Å². The summed E-state index contributed by atoms with van der Waals surface area (Å²) in [5, 5.41) is 2.94. The van der Waals surface area contributed by atoms with Gasteiger partial charge in [-0.3, -0.25) is 0 Å². The van der Waals surface area contributed by atoms with E-state index in [4.69, 9.17) is 10.5 Å². The second kappa shape index (κ2) is 6.91. The van der Waals surface area contributed by atoms with Crippen molar-refractivity contribution in [3.63, 3.8) is 0 Å². The lowest BCUT2D eigenvalue weighted by Crippen LogP contribution is -2.04. The van der Waals surface area contributed by atoms with E-state index in [1.54, 1.807) is 31.3 Å². The molecule has 0 fully saturated rings. The summed E-state index contributed by atoms with van der Waals surface area (Å²) >= 11 is 0. The average molecular weight is 360 g/mol. The quantitative estimate of drug-likeness (QED) is 0.713. The summed E-state index contributed by atoms with van der Waals surface area (Å²) in [7, 11) is 1.72. The third-order valence-electron chi connectivity index (χ3n) is 3.65. The van der Waals surface area contributed by atoms with Crippen molar-refractivity contribution in [1.82, 2.24) is 9.97 Å². The van der Waals surface area contributed by atoms with Crippen molar-refractivity contribution in [2.45, 2.75) is 6.18 Å². The van der Waals surface area contributed by atoms with Crippen molar-refractivity contribution in [2.75, 3.05) is 18.1 Å². The fourth-order valence-electron chi connectivity index (χ4n) is 2.44. The maximum atomic E-state index is 12.8. The minimum Gasteiger partial charge on any atom is -0.457 e. The van der Waals surface area contributed by atoms with Crippen LogP contribution >= 0.6 is 0 Å². The second-order valence-corrected chi connectivity index (χ2v) is 5.38. The Balaban J connectivity index is 1.86. The zero-order chi connectivity index (χ0) is 18.7. The van der Waals surface area contributed by atoms with Crippen LogP contribution in [0, 0.1) is 0 Å². The summed E-state index contributed by atoms with van der Waals surface area (Å²) in [6.07, 6.45) is -3.06. The minimum atomic E-state index is -4.42. The van der Waals surface area contributed by atoms with Crippen LogP contribution in [0.15, 0.2) is 54.9 Å². The van der Waals surface area contributed by atoms with Crippen LogP contribution < -0.4 is 15.8 Å². The van der Waals surface area contributed by atoms with Crippen LogP contribution in [0.25, 0.3) is 11.1 Å². The fourth-order valence-corrected chi connectivity index (χ4v) is 2.44. The molecule has 3 aromatic rings. The molecule has 8 heteroatoms. The molecular weight excluding hydrogens is 345 g/mol. The average Bonchev–Trinajstić information content (AvgIpc) is 2.62. The number of nitrogen functional groups attached to an aromatic ring is 1. The number of alkyl halides is 3. The monoisotopic (exact) mass is 360 g/mol. The van der Waals surface area contributed by atoms with Crippen molar-refractivity contribution in [2.24, 2.45) is 0 Å². The number of rotatable bonds is 4. The third kappa shape index (κ3) is 3.69. The highest BCUT2D eigenvalue weighted by atomic mass is 19.4. The van der Waals surface area contributed by atoms with Gasteiger partial charge >= 0.3 is 6.18 Å². The number of nitrogens with two attached hydrogens (primary N) is 1. The summed E-state index contributed by atoms with van der Waals surface area (Å²) < 4.78 is 43.8. The standard InChI is InChI=1S/C18H15F3N4O/c1-23-17-15(16(22)24-10-25-17)11-5-7-13(8-6-11)26-14-4-2-3-12(9-14)18(19,20)21/h2-10H,1H3,(H3,22,23,24,25). The highest BCUT2D eigenvalue weighted by molar-refractivity contribution is 5.83. The molecule has 0 aliphatic rings. The molecular formula is C18H15F3N4O. The number of halogens is 3. The van der Waals surface area contributed by atoms with E-state index in [1.165, 1.54) is 18.5 Å². The Bertz CT molecular complexity index is 911. The van der Waals surface area contributed by atoms with Crippen LogP contribution in [0.3, 0.4) is 0 Å². The van der Waals surface area contributed by atoms with Gasteiger partial charge in [-0.05, 0) is 35.9 Å². The first-order valence-electron chi connectivity index (χ1n) is 7.62. The first-order valence-corrected chi connectivity index (χ1v) is 7.62. The number of hydrogen-bond donors (Lipinski definition) is 2. The van der Waals surface area contributed by atoms with Gasteiger partial charge < -0.3 is 15.8 Å². The maximum absolute atomic E-state index is 12.8. The molecule has 1 heterocycles. The van der Waals surface area contributed by atoms with E-state index in [0.717, 1.165) is 17.7 Å². The second-order valence-electron chi connectivity index (χ2n) is 5.38. The highest BCUT2D eigenvalue weighted by Crippen LogP contribution is 2.34. The van der Waals surface area contributed by atoms with Gasteiger partial charge in [0.25, 0.3) is 0 Å². The summed E-state index contributed by atoms with van der Waals surface area (Å²) in [5.41, 5.74) is 6.55. The molecule has 0 amide bonds. The molecule has 0 bridgehead atoms. The summed E-state index contributed by atoms with van der Waals surface area (Å²) in [6.45, 7) is 0. The molecule has 3 N–H and O–H groups in total. The van der Waals surface area contributed by atoms with E-state index in [1.807, 2.05) is 0 Å². The Morgan fingerprint density at radius 2 is 1.73 bits per heavy atom. The van der Waals surface area contributed by atoms with E-state index in [-0.39, 0.29) is 5.75 Å². The number of nitrogens with zero attached hydrogens (tertiary/aromatic N) is 2. The van der Waals surface area contributed by atoms with Gasteiger partial charge in [0.05, 0.1) is 11.1 Å². The van der Waals surface area contributed by atoms with Gasteiger partial charge in [0.1, 0.15) is 29.5 Å². The summed E-state index contributed by atoms with van der Waals surface area (Å²) in [4.78, 5) is 8.09. The molecule has 5 nitrogen and oxygen atoms in total. The van der Waals surface area contributed by atoms with Gasteiger partial charge in [-0.25, -0.2) is 9.97 Å². The summed E-state index contributed by atoms with van der Waals surface area (Å²) in [6, 6.07) is 11.5. The molecule has 0 aliphatic heterocycles. The van der Waals surface area contributed by atoms with Crippen molar-refractivity contribution in [3.05, 3.63) is 60.4 Å². The SMILES string of the molecule is CNc1ncnc(N)c1-c1ccc(Oc2cccc(C(F)(F)F)c2)cc1. The van der Waals surface area contributed by atoms with Gasteiger partial charge in [-0.1, -0.05) is 18.2 Å². The van der Waals surface area contributed by atoms with E-state index in [0.29, 0.717) is 22.9 Å². The minimum absolute atomic E-state index is 0.103. The Morgan fingerprint density at radius 3 is 2.38 bits per heavy atom. The number of aromatic nitrogens is 2. The molecule has 0 aliphatic carbocycles. The van der Waals surface area contributed by atoms with E-state index in [9.17, 15) is 13.2 Å². The highest BCUT2D eigenvalue weighted by Gasteiger charge is 2.30. The molecule has 26 heavy (non-hydrogen) atoms. The largest absolute Gasteiger partial charge is 0.457 e. The smallest absolute Gasteiger partial charge is 0.416 e. The predicted molar refractivity (Wildman–Crippen MR) is 92.9 cm³/mol. The molecule has 134 valence electrons. The van der Waals surface area contributed by atoms with Gasteiger partial charge in [-0.2, -0.15) is 13.2 Å². The topological polar surface area (TPSA) is 73.1 Å². The lowest BCUT2D eigenvalue weighted by molar-refractivity contribution is -0.137. The first-order chi connectivity index (χ1) is 12.4. The van der Waals surface area contributed by atoms with Gasteiger partial charge in [0.15, 0.2) is 0 Å². The molecule has 1 aromatic heterocycles. The van der Waals surface area contributed by atoms with Crippen LogP contribution in [0.1, 0.15) is 5.56 Å². The number of nitrogens with one attached hydrogen (secondary N) is 1. The maximum Gasteiger partial charge on any atom is 0.416 e. The lowest BCUT2D eigenvalue weighted by Gasteiger charge is -2.12. The van der Waals surface area contributed by atoms with Crippen LogP contribution in [-0.2, 0) is 6.18 Å². The van der Waals surface area contributed by atoms with Crippen molar-refractivity contribution in [3.8, 4) is 22.6 Å². The molecule has 0 saturated carbocycles. The fraction of sp³-hybridized carbons (Fsp3) is 0.111. The molecule has 0 unspecified atom stereocenters. The molecule has 3 rings (SSSR count). The number of hydrogen-bond acceptors (Lipinski definition) is 5. The number of anilines is 2. The van der Waals surface area contributed by atoms with Crippen LogP contribution in [0.5, 0.6) is 11.5 Å². The lowest BCUT2D eigenvalue weighted by atomic mass is 10.1. The van der Waals surface area contributed by atoms with Gasteiger partial charge in [0.2, 0.25) is 0 Å². The summed E-state index contributed by atoms with van der Waals surface area (Å²) in [5.74, 6) is 1.39. The zero-order valence-corrected chi connectivity index (χ0v) is 13.7. The Kier molecular flexibility index (Phi) is 4.66. The Hall–Kier alpha value is -3.29. The third-order valence-corrected chi connectivity index (χ3v) is 3.65. The molecule has 0 radical (unpaired) electrons. The molecule has 0 spiro atoms. The molecule has 2 aromatic carbocycles. The van der Waals surface area contributed by atoms with Gasteiger partial charge in [-0.15, -0.1) is 0 Å². The van der Waals surface area contributed by atoms with Crippen molar-refractivity contribution < 1.29 is 17.9 Å². The zero-order valence-electron chi connectivity index (χ0n) is 13.7. The Morgan fingerprint density at radius 1 is 1.00 bits per heavy atom. The van der Waals surface area contributed by atoms with Gasteiger partial charge in [0, 0.05) is 7.05 Å². The van der Waals surface area contributed by atoms with Crippen LogP contribution in [0.4, 0.5) is 24.8 Å². The van der Waals surface area contributed by atoms with Crippen LogP contribution in [0.2, 0.25) is 0 Å². The van der Waals surface area contributed by atoms with E-state index in [2.05, 4.69) is 15.3 Å². The number of ether oxygens (including phenoxy) is 1. The molecule has 0 saturated heterocycles. The first kappa shape index (κ1) is 17.5. The van der Waals surface area contributed by atoms with E-state index < -0.39 is 11.7 Å².